The summed E-state index contributed by atoms with van der Waals surface area (Å²) in [5, 5.41) is 18.4. The lowest BCUT2D eigenvalue weighted by Gasteiger charge is -2.13. The lowest BCUT2D eigenvalue weighted by atomic mass is 10.1. The Morgan fingerprint density at radius 1 is 1.48 bits per heavy atom. The number of hydrogen-bond donors (Lipinski definition) is 1. The number of nitrogens with zero attached hydrogens (tertiary/aromatic N) is 4. The van der Waals surface area contributed by atoms with Gasteiger partial charge in [0.2, 0.25) is 0 Å². The van der Waals surface area contributed by atoms with Gasteiger partial charge in [0.1, 0.15) is 11.8 Å². The lowest BCUT2D eigenvalue weighted by molar-refractivity contribution is 0.0931. The van der Waals surface area contributed by atoms with Crippen LogP contribution >= 0.6 is 22.9 Å². The lowest BCUT2D eigenvalue weighted by Crippen LogP contribution is -2.35. The Balaban J connectivity index is 1.66. The van der Waals surface area contributed by atoms with E-state index in [-0.39, 0.29) is 11.9 Å². The van der Waals surface area contributed by atoms with Crippen molar-refractivity contribution in [2.75, 3.05) is 0 Å². The van der Waals surface area contributed by atoms with Crippen LogP contribution in [0.4, 0.5) is 0 Å². The van der Waals surface area contributed by atoms with E-state index in [1.165, 1.54) is 11.3 Å². The molecule has 25 heavy (non-hydrogen) atoms. The molecule has 8 heteroatoms. The van der Waals surface area contributed by atoms with Gasteiger partial charge < -0.3 is 5.32 Å². The van der Waals surface area contributed by atoms with E-state index in [9.17, 15) is 4.79 Å². The molecule has 0 spiro atoms. The van der Waals surface area contributed by atoms with Crippen LogP contribution in [0.3, 0.4) is 0 Å². The number of hydrogen-bond acceptors (Lipinski definition) is 5. The summed E-state index contributed by atoms with van der Waals surface area (Å²) in [6.07, 6.45) is 1.84. The highest BCUT2D eigenvalue weighted by molar-refractivity contribution is 7.07. The Morgan fingerprint density at radius 2 is 2.32 bits per heavy atom. The molecule has 0 unspecified atom stereocenters. The molecule has 0 aliphatic rings. The topological polar surface area (TPSA) is 83.6 Å². The van der Waals surface area contributed by atoms with Crippen LogP contribution in [0.25, 0.3) is 11.3 Å². The molecule has 1 aromatic carbocycles. The highest BCUT2D eigenvalue weighted by Crippen LogP contribution is 2.24. The zero-order chi connectivity index (χ0) is 17.8. The average molecular weight is 372 g/mol. The van der Waals surface area contributed by atoms with E-state index in [2.05, 4.69) is 15.4 Å². The number of thiazole rings is 1. The van der Waals surface area contributed by atoms with E-state index in [0.717, 1.165) is 11.3 Å². The first-order valence-corrected chi connectivity index (χ1v) is 8.81. The van der Waals surface area contributed by atoms with E-state index in [1.807, 2.05) is 31.3 Å². The predicted octanol–water partition coefficient (Wildman–Crippen LogP) is 3.35. The Bertz CT molecular complexity index is 929. The number of benzene rings is 1. The van der Waals surface area contributed by atoms with Crippen LogP contribution in [-0.2, 0) is 6.54 Å². The summed E-state index contributed by atoms with van der Waals surface area (Å²) in [5.41, 5.74) is 4.07. The number of carbonyl (C=O) groups is 1. The van der Waals surface area contributed by atoms with E-state index >= 15 is 0 Å². The van der Waals surface area contributed by atoms with E-state index < -0.39 is 0 Å². The molecule has 6 nitrogen and oxygen atoms in total. The third-order valence-corrected chi connectivity index (χ3v) is 4.43. The van der Waals surface area contributed by atoms with Gasteiger partial charge in [0, 0.05) is 23.2 Å². The van der Waals surface area contributed by atoms with Crippen LogP contribution in [0.5, 0.6) is 0 Å². The molecule has 0 saturated carbocycles. The third kappa shape index (κ3) is 4.05. The summed E-state index contributed by atoms with van der Waals surface area (Å²) in [4.78, 5) is 16.0. The molecule has 0 radical (unpaired) electrons. The highest BCUT2D eigenvalue weighted by atomic mass is 35.5. The maximum absolute atomic E-state index is 12.0. The predicted molar refractivity (Wildman–Crippen MR) is 96.4 cm³/mol. The molecule has 0 aliphatic heterocycles. The Morgan fingerprint density at radius 3 is 3.00 bits per heavy atom. The second-order valence-corrected chi connectivity index (χ2v) is 6.60. The molecule has 1 N–H and O–H groups in total. The van der Waals surface area contributed by atoms with Gasteiger partial charge in [-0.2, -0.15) is 10.4 Å². The summed E-state index contributed by atoms with van der Waals surface area (Å²) < 4.78 is 1.76. The summed E-state index contributed by atoms with van der Waals surface area (Å²) in [6, 6.07) is 9.00. The number of rotatable bonds is 5. The quantitative estimate of drug-likeness (QED) is 0.745. The smallest absolute Gasteiger partial charge is 0.271 e. The maximum atomic E-state index is 12.0. The summed E-state index contributed by atoms with van der Waals surface area (Å²) in [7, 11) is 0. The van der Waals surface area contributed by atoms with Gasteiger partial charge in [-0.05, 0) is 25.1 Å². The molecule has 3 rings (SSSR count). The van der Waals surface area contributed by atoms with Crippen LogP contribution in [-0.4, -0.2) is 26.7 Å². The van der Waals surface area contributed by atoms with Crippen molar-refractivity contribution in [1.29, 1.82) is 5.26 Å². The Hall–Kier alpha value is -2.69. The molecule has 0 aliphatic carbocycles. The fourth-order valence-electron chi connectivity index (χ4n) is 2.33. The van der Waals surface area contributed by atoms with Crippen LogP contribution in [0.15, 0.2) is 41.4 Å². The van der Waals surface area contributed by atoms with Gasteiger partial charge in [0.05, 0.1) is 28.3 Å². The molecule has 126 valence electrons. The number of aromatic nitrogens is 3. The fraction of sp³-hybridized carbons (Fsp3) is 0.176. The molecule has 0 fully saturated rings. The number of nitriles is 1. The van der Waals surface area contributed by atoms with Gasteiger partial charge in [0.15, 0.2) is 0 Å². The van der Waals surface area contributed by atoms with Crippen molar-refractivity contribution in [2.45, 2.75) is 19.5 Å². The summed E-state index contributed by atoms with van der Waals surface area (Å²) in [6.45, 7) is 2.43. The van der Waals surface area contributed by atoms with E-state index in [1.54, 1.807) is 27.7 Å². The minimum Gasteiger partial charge on any atom is -0.346 e. The SMILES string of the molecule is C[C@H](Cn1ccc(-c2ccc(C#N)c(Cl)c2)n1)NC(=O)c1cscn1. The van der Waals surface area contributed by atoms with Crippen LogP contribution in [0, 0.1) is 11.3 Å². The van der Waals surface area contributed by atoms with Crippen LogP contribution < -0.4 is 5.32 Å². The first kappa shape index (κ1) is 17.1. The van der Waals surface area contributed by atoms with Crippen molar-refractivity contribution < 1.29 is 4.79 Å². The van der Waals surface area contributed by atoms with Crippen molar-refractivity contribution in [3.05, 3.63) is 57.6 Å². The standard InChI is InChI=1S/C17H14ClN5OS/c1-11(21-17(24)16-9-25-10-20-16)8-23-5-4-15(22-23)12-2-3-13(7-19)14(18)6-12/h2-6,9-11H,8H2,1H3,(H,21,24)/t11-/m1/s1. The van der Waals surface area contributed by atoms with E-state index in [4.69, 9.17) is 16.9 Å². The van der Waals surface area contributed by atoms with Crippen molar-refractivity contribution in [3.63, 3.8) is 0 Å². The van der Waals surface area contributed by atoms with Gasteiger partial charge in [-0.1, -0.05) is 17.7 Å². The molecule has 1 amide bonds. The molecule has 2 aromatic heterocycles. The fourth-order valence-corrected chi connectivity index (χ4v) is 3.09. The first-order chi connectivity index (χ1) is 12.1. The zero-order valence-electron chi connectivity index (χ0n) is 13.3. The minimum absolute atomic E-state index is 0.105. The van der Waals surface area contributed by atoms with Crippen LogP contribution in [0.1, 0.15) is 23.0 Å². The number of amides is 1. The van der Waals surface area contributed by atoms with Gasteiger partial charge in [0.25, 0.3) is 5.91 Å². The monoisotopic (exact) mass is 371 g/mol. The summed E-state index contributed by atoms with van der Waals surface area (Å²) in [5.74, 6) is -0.194. The Labute approximate surface area is 153 Å². The number of nitrogens with one attached hydrogen (secondary N) is 1. The van der Waals surface area contributed by atoms with Crippen molar-refractivity contribution >= 4 is 28.8 Å². The number of halogens is 1. The zero-order valence-corrected chi connectivity index (χ0v) is 14.9. The first-order valence-electron chi connectivity index (χ1n) is 7.49. The molecule has 2 heterocycles. The van der Waals surface area contributed by atoms with Crippen molar-refractivity contribution in [2.24, 2.45) is 0 Å². The second kappa shape index (κ2) is 7.47. The maximum Gasteiger partial charge on any atom is 0.271 e. The van der Waals surface area contributed by atoms with Crippen molar-refractivity contribution in [1.82, 2.24) is 20.1 Å². The highest BCUT2D eigenvalue weighted by Gasteiger charge is 2.13. The normalized spacial score (nSPS) is 11.7. The third-order valence-electron chi connectivity index (χ3n) is 3.53. The van der Waals surface area contributed by atoms with Crippen LogP contribution in [0.2, 0.25) is 5.02 Å². The van der Waals surface area contributed by atoms with Gasteiger partial charge >= 0.3 is 0 Å². The molecule has 0 saturated heterocycles. The van der Waals surface area contributed by atoms with Crippen molar-refractivity contribution in [3.8, 4) is 17.3 Å². The second-order valence-electron chi connectivity index (χ2n) is 5.48. The van der Waals surface area contributed by atoms with Gasteiger partial charge in [-0.3, -0.25) is 9.48 Å². The largest absolute Gasteiger partial charge is 0.346 e. The molecular weight excluding hydrogens is 358 g/mol. The Kier molecular flexibility index (Phi) is 5.12. The van der Waals surface area contributed by atoms with Gasteiger partial charge in [-0.25, -0.2) is 4.98 Å². The molecule has 3 aromatic rings. The molecular formula is C17H14ClN5OS. The van der Waals surface area contributed by atoms with E-state index in [0.29, 0.717) is 22.8 Å². The van der Waals surface area contributed by atoms with Gasteiger partial charge in [-0.15, -0.1) is 11.3 Å². The molecule has 0 bridgehead atoms. The molecule has 1 atom stereocenters. The minimum atomic E-state index is -0.194. The average Bonchev–Trinajstić information content (AvgIpc) is 3.26. The summed E-state index contributed by atoms with van der Waals surface area (Å²) >= 11 is 7.45. The number of carbonyl (C=O) groups excluding carboxylic acids is 1.